The predicted octanol–water partition coefficient (Wildman–Crippen LogP) is 1.09. The van der Waals surface area contributed by atoms with Crippen LogP contribution < -0.4 is 0 Å². The second-order valence-corrected chi connectivity index (χ2v) is 1.80. The van der Waals surface area contributed by atoms with E-state index in [0.29, 0.717) is 0 Å². The summed E-state index contributed by atoms with van der Waals surface area (Å²) >= 11 is 0. The summed E-state index contributed by atoms with van der Waals surface area (Å²) in [5.74, 6) is -2.76. The Labute approximate surface area is 79.9 Å². The van der Waals surface area contributed by atoms with Crippen molar-refractivity contribution >= 4 is 11.6 Å². The van der Waals surface area contributed by atoms with Crippen molar-refractivity contribution in [1.82, 2.24) is 0 Å². The van der Waals surface area contributed by atoms with E-state index < -0.39 is 24.2 Å². The molecule has 0 saturated heterocycles. The minimum Gasteiger partial charge on any atom is -0.300 e. The number of halogens is 3. The molecule has 0 radical (unpaired) electrons. The molecule has 0 N–H and O–H groups in total. The maximum absolute atomic E-state index is 11.3. The molecule has 0 fully saturated rings. The smallest absolute Gasteiger partial charge is 0.300 e. The van der Waals surface area contributed by atoms with Crippen molar-refractivity contribution in [2.24, 2.45) is 0 Å². The summed E-state index contributed by atoms with van der Waals surface area (Å²) in [7, 11) is 0. The van der Waals surface area contributed by atoms with Gasteiger partial charge in [-0.05, 0) is 6.92 Å². The molecule has 0 atom stereocenters. The van der Waals surface area contributed by atoms with Crippen LogP contribution in [0, 0.1) is 0 Å². The molecule has 0 aliphatic carbocycles. The van der Waals surface area contributed by atoms with Crippen molar-refractivity contribution in [3.05, 3.63) is 0 Å². The van der Waals surface area contributed by atoms with Crippen LogP contribution in [0.2, 0.25) is 0 Å². The van der Waals surface area contributed by atoms with Crippen molar-refractivity contribution in [2.45, 2.75) is 19.5 Å². The molecule has 0 aromatic carbocycles. The number of carbonyl (C=O) groups excluding carboxylic acids is 2. The molecule has 0 amide bonds. The van der Waals surface area contributed by atoms with Gasteiger partial charge in [-0.2, -0.15) is 13.2 Å². The summed E-state index contributed by atoms with van der Waals surface area (Å²) in [4.78, 5) is 19.9. The Morgan fingerprint density at radius 2 is 1.64 bits per heavy atom. The van der Waals surface area contributed by atoms with E-state index in [2.05, 4.69) is 0 Å². The van der Waals surface area contributed by atoms with Gasteiger partial charge in [-0.25, -0.2) is 0 Å². The van der Waals surface area contributed by atoms with Crippen LogP contribution in [0.4, 0.5) is 13.2 Å². The summed E-state index contributed by atoms with van der Waals surface area (Å²) in [6, 6.07) is 0. The summed E-state index contributed by atoms with van der Waals surface area (Å²) in [6.07, 6.45) is -5.92. The molecule has 62 valence electrons. The molecule has 2 nitrogen and oxygen atoms in total. The molecule has 11 heavy (non-hydrogen) atoms. The summed E-state index contributed by atoms with van der Waals surface area (Å²) in [5.41, 5.74) is 0. The van der Waals surface area contributed by atoms with Crippen LogP contribution in [-0.4, -0.2) is 17.7 Å². The number of Topliss-reactive ketones (excluding diaryl/α,β-unsaturated/α-hetero) is 2. The number of alkyl halides is 3. The van der Waals surface area contributed by atoms with E-state index in [-0.39, 0.29) is 25.8 Å². The fraction of sp³-hybridized carbons (Fsp3) is 0.600. The zero-order chi connectivity index (χ0) is 8.36. The maximum atomic E-state index is 11.3. The van der Waals surface area contributed by atoms with E-state index in [4.69, 9.17) is 0 Å². The SMILES string of the molecule is CC(=O)CC(=O)C(F)(F)F.[Hf]. The third kappa shape index (κ3) is 6.40. The average molecular weight is 333 g/mol. The first-order valence-electron chi connectivity index (χ1n) is 2.43. The van der Waals surface area contributed by atoms with Crippen molar-refractivity contribution in [2.75, 3.05) is 0 Å². The Morgan fingerprint density at radius 3 is 1.73 bits per heavy atom. The number of ketones is 2. The molecule has 0 unspecified atom stereocenters. The van der Waals surface area contributed by atoms with Crippen LogP contribution >= 0.6 is 0 Å². The van der Waals surface area contributed by atoms with Crippen molar-refractivity contribution in [3.63, 3.8) is 0 Å². The fourth-order valence-corrected chi connectivity index (χ4v) is 0.326. The van der Waals surface area contributed by atoms with Crippen LogP contribution in [0.3, 0.4) is 0 Å². The maximum Gasteiger partial charge on any atom is 0.450 e. The normalized spacial score (nSPS) is 10.2. The topological polar surface area (TPSA) is 34.1 Å². The monoisotopic (exact) mass is 334 g/mol. The van der Waals surface area contributed by atoms with E-state index in [1.807, 2.05) is 0 Å². The summed E-state index contributed by atoms with van der Waals surface area (Å²) in [5, 5.41) is 0. The Morgan fingerprint density at radius 1 is 1.27 bits per heavy atom. The van der Waals surface area contributed by atoms with Crippen LogP contribution in [0.15, 0.2) is 0 Å². The van der Waals surface area contributed by atoms with Crippen molar-refractivity contribution < 1.29 is 48.6 Å². The largest absolute Gasteiger partial charge is 0.450 e. The van der Waals surface area contributed by atoms with Gasteiger partial charge in [0.1, 0.15) is 5.78 Å². The molecular formula is C5H5F3HfO2. The van der Waals surface area contributed by atoms with E-state index in [0.717, 1.165) is 6.92 Å². The van der Waals surface area contributed by atoms with Gasteiger partial charge in [-0.15, -0.1) is 0 Å². The minimum absolute atomic E-state index is 0. The van der Waals surface area contributed by atoms with E-state index in [1.54, 1.807) is 0 Å². The van der Waals surface area contributed by atoms with Gasteiger partial charge in [-0.3, -0.25) is 9.59 Å². The Bertz CT molecular complexity index is 164. The van der Waals surface area contributed by atoms with Gasteiger partial charge in [-0.1, -0.05) is 0 Å². The molecule has 6 heteroatoms. The van der Waals surface area contributed by atoms with E-state index in [1.165, 1.54) is 0 Å². The first-order chi connectivity index (χ1) is 4.34. The molecule has 0 aromatic heterocycles. The van der Waals surface area contributed by atoms with Crippen molar-refractivity contribution in [1.29, 1.82) is 0 Å². The first kappa shape index (κ1) is 13.6. The van der Waals surface area contributed by atoms with Crippen molar-refractivity contribution in [3.8, 4) is 0 Å². The number of hydrogen-bond acceptors (Lipinski definition) is 2. The molecule has 0 bridgehead atoms. The molecule has 0 aliphatic rings. The zero-order valence-corrected chi connectivity index (χ0v) is 9.25. The molecular weight excluding hydrogens is 328 g/mol. The van der Waals surface area contributed by atoms with Crippen LogP contribution in [0.1, 0.15) is 13.3 Å². The molecule has 0 rings (SSSR count). The van der Waals surface area contributed by atoms with Crippen LogP contribution in [0.25, 0.3) is 0 Å². The number of carbonyl (C=O) groups is 2. The van der Waals surface area contributed by atoms with Crippen LogP contribution in [-0.2, 0) is 35.4 Å². The Balaban J connectivity index is 0. The Kier molecular flexibility index (Phi) is 5.92. The predicted molar refractivity (Wildman–Crippen MR) is 26.4 cm³/mol. The number of hydrogen-bond donors (Lipinski definition) is 0. The fourth-order valence-electron chi connectivity index (χ4n) is 0.326. The standard InChI is InChI=1S/C5H5F3O2.Hf/c1-3(9)2-4(10)5(6,7)8;/h2H2,1H3;. The van der Waals surface area contributed by atoms with Gasteiger partial charge in [0, 0.05) is 25.8 Å². The third-order valence-corrected chi connectivity index (χ3v) is 0.726. The summed E-state index contributed by atoms with van der Waals surface area (Å²) in [6.45, 7) is 0.934. The minimum atomic E-state index is -4.87. The molecule has 0 aliphatic heterocycles. The van der Waals surface area contributed by atoms with Gasteiger partial charge in [0.05, 0.1) is 6.42 Å². The second-order valence-electron chi connectivity index (χ2n) is 1.80. The van der Waals surface area contributed by atoms with Gasteiger partial charge in [0.2, 0.25) is 5.78 Å². The zero-order valence-electron chi connectivity index (χ0n) is 5.66. The molecule has 0 aromatic rings. The van der Waals surface area contributed by atoms with Gasteiger partial charge < -0.3 is 0 Å². The molecule has 0 heterocycles. The van der Waals surface area contributed by atoms with Gasteiger partial charge in [0.25, 0.3) is 0 Å². The first-order valence-corrected chi connectivity index (χ1v) is 2.43. The average Bonchev–Trinajstić information content (AvgIpc) is 1.60. The van der Waals surface area contributed by atoms with Gasteiger partial charge >= 0.3 is 6.18 Å². The second kappa shape index (κ2) is 4.79. The van der Waals surface area contributed by atoms with Crippen LogP contribution in [0.5, 0.6) is 0 Å². The quantitative estimate of drug-likeness (QED) is 0.560. The molecule has 0 spiro atoms. The van der Waals surface area contributed by atoms with E-state index >= 15 is 0 Å². The van der Waals surface area contributed by atoms with Gasteiger partial charge in [0.15, 0.2) is 0 Å². The Hall–Kier alpha value is 0.000130. The molecule has 0 saturated carbocycles. The summed E-state index contributed by atoms with van der Waals surface area (Å²) < 4.78 is 33.9. The number of rotatable bonds is 2. The van der Waals surface area contributed by atoms with E-state index in [9.17, 15) is 22.8 Å². The third-order valence-electron chi connectivity index (χ3n) is 0.726.